The molecular formula is C21H25F4N3O3. The highest BCUT2D eigenvalue weighted by molar-refractivity contribution is 5.70. The van der Waals surface area contributed by atoms with Gasteiger partial charge in [-0.25, -0.2) is 14.1 Å². The number of hydrogen-bond donors (Lipinski definition) is 0. The quantitative estimate of drug-likeness (QED) is 0.427. The molecule has 0 aliphatic heterocycles. The van der Waals surface area contributed by atoms with E-state index in [0.717, 1.165) is 0 Å². The molecule has 0 saturated heterocycles. The van der Waals surface area contributed by atoms with Gasteiger partial charge in [0.15, 0.2) is 11.6 Å². The van der Waals surface area contributed by atoms with Crippen LogP contribution < -0.4 is 4.74 Å². The highest BCUT2D eigenvalue weighted by Crippen LogP contribution is 2.24. The molecule has 6 nitrogen and oxygen atoms in total. The van der Waals surface area contributed by atoms with Crippen LogP contribution in [0.5, 0.6) is 5.75 Å². The van der Waals surface area contributed by atoms with E-state index in [0.29, 0.717) is 23.2 Å². The summed E-state index contributed by atoms with van der Waals surface area (Å²) in [6, 6.07) is 6.43. The number of aryl methyl sites for hydroxylation is 1. The van der Waals surface area contributed by atoms with E-state index in [1.54, 1.807) is 45.0 Å². The van der Waals surface area contributed by atoms with Gasteiger partial charge in [0.05, 0.1) is 6.33 Å². The second-order valence-corrected chi connectivity index (χ2v) is 7.93. The number of benzene rings is 1. The van der Waals surface area contributed by atoms with Crippen LogP contribution in [0.4, 0.5) is 17.6 Å². The molecule has 0 saturated carbocycles. The summed E-state index contributed by atoms with van der Waals surface area (Å²) in [6.07, 6.45) is -5.00. The fourth-order valence-electron chi connectivity index (χ4n) is 2.63. The molecule has 0 atom stereocenters. The van der Waals surface area contributed by atoms with E-state index in [2.05, 4.69) is 10.1 Å². The second-order valence-electron chi connectivity index (χ2n) is 7.93. The van der Waals surface area contributed by atoms with Crippen LogP contribution >= 0.6 is 0 Å². The summed E-state index contributed by atoms with van der Waals surface area (Å²) in [6.45, 7) is 5.20. The maximum atomic E-state index is 13.1. The van der Waals surface area contributed by atoms with Gasteiger partial charge in [0.1, 0.15) is 24.4 Å². The Bertz CT molecular complexity index is 913. The second kappa shape index (κ2) is 9.93. The SMILES string of the molecule is Cn1nc(CC(F)(F)F)nc1-c1ccc(OC/C(=C/F)CCC(=O)OC(C)(C)C)cc1. The van der Waals surface area contributed by atoms with Crippen LogP contribution in [-0.2, 0) is 23.0 Å². The summed E-state index contributed by atoms with van der Waals surface area (Å²) < 4.78 is 62.7. The molecule has 10 heteroatoms. The van der Waals surface area contributed by atoms with Crippen LogP contribution in [0.25, 0.3) is 11.4 Å². The smallest absolute Gasteiger partial charge is 0.396 e. The summed E-state index contributed by atoms with van der Waals surface area (Å²) in [4.78, 5) is 15.7. The van der Waals surface area contributed by atoms with Gasteiger partial charge in [-0.05, 0) is 57.0 Å². The Balaban J connectivity index is 1.93. The molecule has 0 bridgehead atoms. The number of nitrogens with zero attached hydrogens (tertiary/aromatic N) is 3. The van der Waals surface area contributed by atoms with Crippen LogP contribution in [0.1, 0.15) is 39.4 Å². The van der Waals surface area contributed by atoms with Crippen LogP contribution in [0.2, 0.25) is 0 Å². The van der Waals surface area contributed by atoms with E-state index < -0.39 is 24.2 Å². The predicted molar refractivity (Wildman–Crippen MR) is 106 cm³/mol. The third kappa shape index (κ3) is 8.39. The maximum absolute atomic E-state index is 13.1. The molecule has 0 aliphatic carbocycles. The Morgan fingerprint density at radius 2 is 1.77 bits per heavy atom. The molecular weight excluding hydrogens is 418 g/mol. The minimum atomic E-state index is -4.39. The lowest BCUT2D eigenvalue weighted by Gasteiger charge is -2.19. The van der Waals surface area contributed by atoms with E-state index >= 15 is 0 Å². The zero-order chi connectivity index (χ0) is 23.2. The topological polar surface area (TPSA) is 66.2 Å². The lowest BCUT2D eigenvalue weighted by atomic mass is 10.1. The molecule has 0 N–H and O–H groups in total. The van der Waals surface area contributed by atoms with Crippen molar-refractivity contribution in [2.75, 3.05) is 6.61 Å². The zero-order valence-corrected chi connectivity index (χ0v) is 17.8. The van der Waals surface area contributed by atoms with Crippen molar-refractivity contribution >= 4 is 5.97 Å². The number of carbonyl (C=O) groups is 1. The van der Waals surface area contributed by atoms with Gasteiger partial charge in [0.2, 0.25) is 0 Å². The Labute approximate surface area is 177 Å². The van der Waals surface area contributed by atoms with Gasteiger partial charge in [-0.2, -0.15) is 18.3 Å². The normalized spacial score (nSPS) is 12.7. The molecule has 0 aliphatic rings. The summed E-state index contributed by atoms with van der Waals surface area (Å²) in [5.41, 5.74) is 0.243. The first-order chi connectivity index (χ1) is 14.4. The fourth-order valence-corrected chi connectivity index (χ4v) is 2.63. The third-order valence-corrected chi connectivity index (χ3v) is 3.93. The van der Waals surface area contributed by atoms with Crippen molar-refractivity contribution in [3.05, 3.63) is 42.0 Å². The number of halogens is 4. The molecule has 31 heavy (non-hydrogen) atoms. The number of alkyl halides is 3. The standard InChI is InChI=1S/C21H25F4N3O3/c1-20(2,3)31-18(29)10-5-14(12-22)13-30-16-8-6-15(7-9-16)19-26-17(27-28(19)4)11-21(23,24)25/h6-9,12H,5,10-11,13H2,1-4H3/b14-12+. The molecule has 1 aromatic heterocycles. The van der Waals surface area contributed by atoms with Crippen LogP contribution in [0.3, 0.4) is 0 Å². The first-order valence-corrected chi connectivity index (χ1v) is 9.56. The summed E-state index contributed by atoms with van der Waals surface area (Å²) >= 11 is 0. The minimum Gasteiger partial charge on any atom is -0.489 e. The van der Waals surface area contributed by atoms with Crippen molar-refractivity contribution in [2.45, 2.75) is 51.8 Å². The van der Waals surface area contributed by atoms with E-state index in [4.69, 9.17) is 9.47 Å². The summed E-state index contributed by atoms with van der Waals surface area (Å²) in [5, 5.41) is 3.79. The number of ether oxygens (including phenoxy) is 2. The molecule has 2 rings (SSSR count). The number of esters is 1. The first kappa shape index (κ1) is 24.4. The van der Waals surface area contributed by atoms with Gasteiger partial charge in [0.25, 0.3) is 0 Å². The molecule has 0 unspecified atom stereocenters. The summed E-state index contributed by atoms with van der Waals surface area (Å²) in [5.74, 6) is -0.0247. The molecule has 0 fully saturated rings. The highest BCUT2D eigenvalue weighted by Gasteiger charge is 2.30. The molecule has 0 spiro atoms. The zero-order valence-electron chi connectivity index (χ0n) is 17.8. The van der Waals surface area contributed by atoms with Crippen LogP contribution in [0.15, 0.2) is 36.2 Å². The van der Waals surface area contributed by atoms with Crippen molar-refractivity contribution in [1.82, 2.24) is 14.8 Å². The maximum Gasteiger partial charge on any atom is 0.396 e. The van der Waals surface area contributed by atoms with Gasteiger partial charge in [0, 0.05) is 19.0 Å². The van der Waals surface area contributed by atoms with Crippen LogP contribution in [-0.4, -0.2) is 39.1 Å². The van der Waals surface area contributed by atoms with E-state index in [9.17, 15) is 22.4 Å². The third-order valence-electron chi connectivity index (χ3n) is 3.93. The van der Waals surface area contributed by atoms with Gasteiger partial charge >= 0.3 is 12.1 Å². The number of rotatable bonds is 8. The predicted octanol–water partition coefficient (Wildman–Crippen LogP) is 4.94. The molecule has 1 aromatic carbocycles. The Kier molecular flexibility index (Phi) is 7.80. The number of hydrogen-bond acceptors (Lipinski definition) is 5. The molecule has 170 valence electrons. The van der Waals surface area contributed by atoms with Crippen molar-refractivity contribution in [3.63, 3.8) is 0 Å². The largest absolute Gasteiger partial charge is 0.489 e. The van der Waals surface area contributed by atoms with Crippen molar-refractivity contribution < 1.29 is 31.8 Å². The lowest BCUT2D eigenvalue weighted by molar-refractivity contribution is -0.154. The van der Waals surface area contributed by atoms with Crippen molar-refractivity contribution in [2.24, 2.45) is 7.05 Å². The van der Waals surface area contributed by atoms with Crippen molar-refractivity contribution in [1.29, 1.82) is 0 Å². The van der Waals surface area contributed by atoms with Gasteiger partial charge in [-0.3, -0.25) is 4.79 Å². The van der Waals surface area contributed by atoms with Gasteiger partial charge in [-0.1, -0.05) is 0 Å². The molecule has 0 amide bonds. The van der Waals surface area contributed by atoms with Crippen LogP contribution in [0, 0.1) is 0 Å². The number of aromatic nitrogens is 3. The van der Waals surface area contributed by atoms with E-state index in [-0.39, 0.29) is 31.1 Å². The van der Waals surface area contributed by atoms with Gasteiger partial charge in [-0.15, -0.1) is 0 Å². The van der Waals surface area contributed by atoms with E-state index in [1.807, 2.05) is 0 Å². The Hall–Kier alpha value is -2.91. The Morgan fingerprint density at radius 3 is 2.32 bits per heavy atom. The minimum absolute atomic E-state index is 0.0295. The monoisotopic (exact) mass is 443 g/mol. The average Bonchev–Trinajstić information content (AvgIpc) is 2.99. The summed E-state index contributed by atoms with van der Waals surface area (Å²) in [7, 11) is 1.51. The number of carbonyl (C=O) groups excluding carboxylic acids is 1. The van der Waals surface area contributed by atoms with Crippen molar-refractivity contribution in [3.8, 4) is 17.1 Å². The molecule has 1 heterocycles. The van der Waals surface area contributed by atoms with E-state index in [1.165, 1.54) is 11.7 Å². The highest BCUT2D eigenvalue weighted by atomic mass is 19.4. The lowest BCUT2D eigenvalue weighted by Crippen LogP contribution is -2.23. The average molecular weight is 443 g/mol. The van der Waals surface area contributed by atoms with Gasteiger partial charge < -0.3 is 9.47 Å². The molecule has 2 aromatic rings. The fraction of sp³-hybridized carbons (Fsp3) is 0.476. The first-order valence-electron chi connectivity index (χ1n) is 9.56. The molecule has 0 radical (unpaired) electrons. The Morgan fingerprint density at radius 1 is 1.13 bits per heavy atom.